The van der Waals surface area contributed by atoms with Crippen molar-refractivity contribution in [3.05, 3.63) is 59.9 Å². The number of methoxy groups -OCH3 is 1. The average molecular weight is 383 g/mol. The zero-order chi connectivity index (χ0) is 19.4. The maximum Gasteiger partial charge on any atom is 0.119 e. The number of hydrogen-bond acceptors (Lipinski definition) is 5. The SMILES string of the molecule is COCCOc1cccc(CN2CC3CCCC(C2)C3(O)c2cccnc2)c1. The van der Waals surface area contributed by atoms with E-state index in [1.807, 2.05) is 30.5 Å². The Kier molecular flexibility index (Phi) is 5.95. The van der Waals surface area contributed by atoms with Crippen LogP contribution < -0.4 is 4.74 Å². The number of benzene rings is 1. The number of aliphatic hydroxyl groups is 1. The molecule has 2 aromatic rings. The predicted molar refractivity (Wildman–Crippen MR) is 108 cm³/mol. The lowest BCUT2D eigenvalue weighted by atomic mass is 9.63. The van der Waals surface area contributed by atoms with Crippen LogP contribution in [0.3, 0.4) is 0 Å². The van der Waals surface area contributed by atoms with Gasteiger partial charge in [0.2, 0.25) is 0 Å². The highest BCUT2D eigenvalue weighted by Gasteiger charge is 2.51. The molecular formula is C23H30N2O3. The highest BCUT2D eigenvalue weighted by molar-refractivity contribution is 5.29. The van der Waals surface area contributed by atoms with Crippen LogP contribution >= 0.6 is 0 Å². The number of ether oxygens (including phenoxy) is 2. The van der Waals surface area contributed by atoms with Crippen LogP contribution in [0, 0.1) is 11.8 Å². The summed E-state index contributed by atoms with van der Waals surface area (Å²) >= 11 is 0. The molecular weight excluding hydrogens is 352 g/mol. The molecule has 0 amide bonds. The molecule has 150 valence electrons. The molecule has 2 aliphatic rings. The number of fused-ring (bicyclic) bond motifs is 2. The first kappa shape index (κ1) is 19.4. The molecule has 2 unspecified atom stereocenters. The lowest BCUT2D eigenvalue weighted by molar-refractivity contribution is -0.148. The molecule has 2 atom stereocenters. The van der Waals surface area contributed by atoms with Gasteiger partial charge in [0.05, 0.1) is 12.2 Å². The van der Waals surface area contributed by atoms with E-state index >= 15 is 0 Å². The van der Waals surface area contributed by atoms with E-state index in [0.717, 1.165) is 43.8 Å². The predicted octanol–water partition coefficient (Wildman–Crippen LogP) is 3.23. The van der Waals surface area contributed by atoms with E-state index in [9.17, 15) is 5.11 Å². The Hall–Kier alpha value is -1.95. The van der Waals surface area contributed by atoms with Gasteiger partial charge in [-0.05, 0) is 36.6 Å². The molecule has 1 aliphatic heterocycles. The van der Waals surface area contributed by atoms with Crippen molar-refractivity contribution in [2.45, 2.75) is 31.4 Å². The van der Waals surface area contributed by atoms with Gasteiger partial charge < -0.3 is 14.6 Å². The summed E-state index contributed by atoms with van der Waals surface area (Å²) in [7, 11) is 1.68. The maximum absolute atomic E-state index is 11.7. The van der Waals surface area contributed by atoms with Crippen molar-refractivity contribution in [1.29, 1.82) is 0 Å². The van der Waals surface area contributed by atoms with Crippen LogP contribution in [0.15, 0.2) is 48.8 Å². The zero-order valence-electron chi connectivity index (χ0n) is 16.6. The van der Waals surface area contributed by atoms with Crippen LogP contribution in [0.2, 0.25) is 0 Å². The van der Waals surface area contributed by atoms with Gasteiger partial charge in [-0.3, -0.25) is 9.88 Å². The van der Waals surface area contributed by atoms with Crippen molar-refractivity contribution < 1.29 is 14.6 Å². The van der Waals surface area contributed by atoms with Gasteiger partial charge in [0.1, 0.15) is 12.4 Å². The molecule has 1 N–H and O–H groups in total. The minimum absolute atomic E-state index is 0.255. The minimum Gasteiger partial charge on any atom is -0.491 e. The fourth-order valence-electron chi connectivity index (χ4n) is 4.98. The van der Waals surface area contributed by atoms with E-state index < -0.39 is 5.60 Å². The summed E-state index contributed by atoms with van der Waals surface area (Å²) in [4.78, 5) is 6.76. The average Bonchev–Trinajstić information content (AvgIpc) is 2.70. The second-order valence-electron chi connectivity index (χ2n) is 8.07. The topological polar surface area (TPSA) is 54.8 Å². The molecule has 2 heterocycles. The number of likely N-dealkylation sites (tertiary alicyclic amines) is 1. The Morgan fingerprint density at radius 2 is 1.96 bits per heavy atom. The van der Waals surface area contributed by atoms with E-state index in [2.05, 4.69) is 22.0 Å². The van der Waals surface area contributed by atoms with Crippen molar-refractivity contribution in [3.8, 4) is 5.75 Å². The number of pyridine rings is 1. The van der Waals surface area contributed by atoms with Crippen LogP contribution in [0.25, 0.3) is 0 Å². The first-order valence-electron chi connectivity index (χ1n) is 10.3. The summed E-state index contributed by atoms with van der Waals surface area (Å²) in [5, 5.41) is 11.7. The van der Waals surface area contributed by atoms with Gasteiger partial charge in [-0.15, -0.1) is 0 Å². The summed E-state index contributed by atoms with van der Waals surface area (Å²) in [5.74, 6) is 1.40. The molecule has 4 rings (SSSR count). The second-order valence-corrected chi connectivity index (χ2v) is 8.07. The van der Waals surface area contributed by atoms with Gasteiger partial charge in [0, 0.05) is 56.5 Å². The molecule has 0 spiro atoms. The first-order valence-corrected chi connectivity index (χ1v) is 10.3. The monoisotopic (exact) mass is 382 g/mol. The summed E-state index contributed by atoms with van der Waals surface area (Å²) < 4.78 is 10.8. The quantitative estimate of drug-likeness (QED) is 0.745. The Morgan fingerprint density at radius 1 is 1.14 bits per heavy atom. The van der Waals surface area contributed by atoms with Crippen molar-refractivity contribution in [3.63, 3.8) is 0 Å². The third-order valence-corrected chi connectivity index (χ3v) is 6.29. The third kappa shape index (κ3) is 3.93. The van der Waals surface area contributed by atoms with Gasteiger partial charge >= 0.3 is 0 Å². The van der Waals surface area contributed by atoms with Gasteiger partial charge in [0.15, 0.2) is 0 Å². The molecule has 2 fully saturated rings. The zero-order valence-corrected chi connectivity index (χ0v) is 16.6. The lowest BCUT2D eigenvalue weighted by Crippen LogP contribution is -2.57. The van der Waals surface area contributed by atoms with Crippen LogP contribution in [0.1, 0.15) is 30.4 Å². The molecule has 0 radical (unpaired) electrons. The highest BCUT2D eigenvalue weighted by Crippen LogP contribution is 2.49. The number of piperidine rings is 1. The maximum atomic E-state index is 11.7. The second kappa shape index (κ2) is 8.60. The normalized spacial score (nSPS) is 27.5. The minimum atomic E-state index is -0.742. The van der Waals surface area contributed by atoms with Gasteiger partial charge in [0.25, 0.3) is 0 Å². The number of aromatic nitrogens is 1. The summed E-state index contributed by atoms with van der Waals surface area (Å²) in [6.07, 6.45) is 6.97. The summed E-state index contributed by atoms with van der Waals surface area (Å²) in [6, 6.07) is 12.3. The van der Waals surface area contributed by atoms with Gasteiger partial charge in [-0.2, -0.15) is 0 Å². The fraction of sp³-hybridized carbons (Fsp3) is 0.522. The van der Waals surface area contributed by atoms with E-state index in [0.29, 0.717) is 13.2 Å². The fourth-order valence-corrected chi connectivity index (χ4v) is 4.98. The molecule has 2 bridgehead atoms. The summed E-state index contributed by atoms with van der Waals surface area (Å²) in [6.45, 7) is 3.86. The Morgan fingerprint density at radius 3 is 2.68 bits per heavy atom. The molecule has 1 aromatic carbocycles. The van der Waals surface area contributed by atoms with Crippen LogP contribution in [-0.2, 0) is 16.9 Å². The van der Waals surface area contributed by atoms with E-state index in [1.165, 1.54) is 12.0 Å². The van der Waals surface area contributed by atoms with Crippen molar-refractivity contribution >= 4 is 0 Å². The van der Waals surface area contributed by atoms with E-state index in [4.69, 9.17) is 9.47 Å². The van der Waals surface area contributed by atoms with Crippen LogP contribution in [0.4, 0.5) is 0 Å². The molecule has 1 saturated heterocycles. The molecule has 1 saturated carbocycles. The smallest absolute Gasteiger partial charge is 0.119 e. The van der Waals surface area contributed by atoms with Crippen molar-refractivity contribution in [2.24, 2.45) is 11.8 Å². The summed E-state index contributed by atoms with van der Waals surface area (Å²) in [5.41, 5.74) is 1.49. The molecule has 1 aliphatic carbocycles. The van der Waals surface area contributed by atoms with Gasteiger partial charge in [-0.25, -0.2) is 0 Å². The Bertz CT molecular complexity index is 753. The number of rotatable bonds is 7. The number of hydrogen-bond donors (Lipinski definition) is 1. The molecule has 5 nitrogen and oxygen atoms in total. The molecule has 5 heteroatoms. The molecule has 1 aromatic heterocycles. The Balaban J connectivity index is 1.46. The third-order valence-electron chi connectivity index (χ3n) is 6.29. The standard InChI is InChI=1S/C23H30N2O3/c1-27-11-12-28-22-9-2-5-18(13-22)15-25-16-20-6-3-7-21(17-25)23(20,26)19-8-4-10-24-14-19/h2,4-5,8-10,13-14,20-21,26H,3,6-7,11-12,15-17H2,1H3. The highest BCUT2D eigenvalue weighted by atomic mass is 16.5. The van der Waals surface area contributed by atoms with Crippen molar-refractivity contribution in [1.82, 2.24) is 9.88 Å². The van der Waals surface area contributed by atoms with Crippen LogP contribution in [-0.4, -0.2) is 48.4 Å². The molecule has 28 heavy (non-hydrogen) atoms. The first-order chi connectivity index (χ1) is 13.7. The largest absolute Gasteiger partial charge is 0.491 e. The Labute approximate surface area is 167 Å². The van der Waals surface area contributed by atoms with E-state index in [-0.39, 0.29) is 11.8 Å². The lowest BCUT2D eigenvalue weighted by Gasteiger charge is -2.53. The number of nitrogens with zero attached hydrogens (tertiary/aromatic N) is 2. The van der Waals surface area contributed by atoms with Crippen LogP contribution in [0.5, 0.6) is 5.75 Å². The van der Waals surface area contributed by atoms with Gasteiger partial charge in [-0.1, -0.05) is 24.6 Å². The van der Waals surface area contributed by atoms with E-state index in [1.54, 1.807) is 13.3 Å². The van der Waals surface area contributed by atoms with Crippen molar-refractivity contribution in [2.75, 3.05) is 33.4 Å².